The number of hydrogen-bond donors (Lipinski definition) is 1. The van der Waals surface area contributed by atoms with E-state index in [9.17, 15) is 0 Å². The summed E-state index contributed by atoms with van der Waals surface area (Å²) in [4.78, 5) is 6.76. The molecule has 1 unspecified atom stereocenters. The first-order valence-electron chi connectivity index (χ1n) is 5.73. The van der Waals surface area contributed by atoms with Gasteiger partial charge in [-0.15, -0.1) is 0 Å². The Hall–Kier alpha value is -1.13. The van der Waals surface area contributed by atoms with Crippen LogP contribution in [0, 0.1) is 6.92 Å². The van der Waals surface area contributed by atoms with Crippen molar-refractivity contribution in [2.75, 3.05) is 38.3 Å². The van der Waals surface area contributed by atoms with Crippen LogP contribution in [-0.4, -0.2) is 44.4 Å². The molecule has 2 heterocycles. The summed E-state index contributed by atoms with van der Waals surface area (Å²) in [6.45, 7) is 5.50. The van der Waals surface area contributed by atoms with Crippen LogP contribution < -0.4 is 10.2 Å². The number of morpholine rings is 1. The van der Waals surface area contributed by atoms with Crippen molar-refractivity contribution in [3.8, 4) is 0 Å². The molecule has 1 N–H and O–H groups in total. The minimum absolute atomic E-state index is 0.382. The Kier molecular flexibility index (Phi) is 3.74. The molecule has 0 spiro atoms. The van der Waals surface area contributed by atoms with Gasteiger partial charge in [0, 0.05) is 19.3 Å². The van der Waals surface area contributed by atoms with Crippen LogP contribution in [0.3, 0.4) is 0 Å². The molecule has 4 heteroatoms. The van der Waals surface area contributed by atoms with Gasteiger partial charge in [-0.25, -0.2) is 4.98 Å². The van der Waals surface area contributed by atoms with Gasteiger partial charge in [0.2, 0.25) is 0 Å². The number of anilines is 1. The largest absolute Gasteiger partial charge is 0.377 e. The van der Waals surface area contributed by atoms with Crippen molar-refractivity contribution < 1.29 is 4.74 Å². The molecule has 0 aromatic carbocycles. The number of aryl methyl sites for hydroxylation is 1. The zero-order chi connectivity index (χ0) is 11.4. The average molecular weight is 221 g/mol. The van der Waals surface area contributed by atoms with E-state index in [4.69, 9.17) is 4.74 Å². The number of likely N-dealkylation sites (N-methyl/N-ethyl adjacent to an activating group) is 1. The first kappa shape index (κ1) is 11.4. The fraction of sp³-hybridized carbons (Fsp3) is 0.583. The van der Waals surface area contributed by atoms with E-state index >= 15 is 0 Å². The quantitative estimate of drug-likeness (QED) is 0.820. The monoisotopic (exact) mass is 221 g/mol. The highest BCUT2D eigenvalue weighted by Gasteiger charge is 2.23. The van der Waals surface area contributed by atoms with E-state index in [1.165, 1.54) is 5.56 Å². The second kappa shape index (κ2) is 5.27. The summed E-state index contributed by atoms with van der Waals surface area (Å²) in [6, 6.07) is 4.54. The van der Waals surface area contributed by atoms with E-state index in [0.29, 0.717) is 6.04 Å². The van der Waals surface area contributed by atoms with E-state index in [-0.39, 0.29) is 0 Å². The summed E-state index contributed by atoms with van der Waals surface area (Å²) in [5.41, 5.74) is 1.25. The molecule has 1 saturated heterocycles. The van der Waals surface area contributed by atoms with E-state index in [2.05, 4.69) is 28.2 Å². The van der Waals surface area contributed by atoms with E-state index in [1.807, 2.05) is 19.3 Å². The number of rotatable bonds is 3. The third kappa shape index (κ3) is 2.51. The van der Waals surface area contributed by atoms with Gasteiger partial charge in [0.1, 0.15) is 5.82 Å². The van der Waals surface area contributed by atoms with Crippen molar-refractivity contribution in [1.82, 2.24) is 10.3 Å². The van der Waals surface area contributed by atoms with Gasteiger partial charge in [0.25, 0.3) is 0 Å². The van der Waals surface area contributed by atoms with E-state index < -0.39 is 0 Å². The third-order valence-electron chi connectivity index (χ3n) is 2.86. The third-order valence-corrected chi connectivity index (χ3v) is 2.86. The second-order valence-corrected chi connectivity index (χ2v) is 4.17. The van der Waals surface area contributed by atoms with Crippen LogP contribution in [0.15, 0.2) is 18.3 Å². The number of pyridine rings is 1. The molecule has 0 saturated carbocycles. The maximum absolute atomic E-state index is 5.51. The molecule has 0 amide bonds. The predicted octanol–water partition coefficient (Wildman–Crippen LogP) is 0.815. The second-order valence-electron chi connectivity index (χ2n) is 4.17. The number of nitrogens with one attached hydrogen (secondary N) is 1. The van der Waals surface area contributed by atoms with Crippen LogP contribution in [0.25, 0.3) is 0 Å². The summed E-state index contributed by atoms with van der Waals surface area (Å²) < 4.78 is 5.51. The Morgan fingerprint density at radius 2 is 2.50 bits per heavy atom. The van der Waals surface area contributed by atoms with Gasteiger partial charge < -0.3 is 15.0 Å². The predicted molar refractivity (Wildman–Crippen MR) is 64.9 cm³/mol. The highest BCUT2D eigenvalue weighted by molar-refractivity contribution is 5.42. The van der Waals surface area contributed by atoms with Gasteiger partial charge in [-0.05, 0) is 31.7 Å². The molecule has 1 aliphatic rings. The van der Waals surface area contributed by atoms with E-state index in [1.54, 1.807) is 0 Å². The van der Waals surface area contributed by atoms with Crippen molar-refractivity contribution in [3.05, 3.63) is 23.9 Å². The number of ether oxygens (including phenoxy) is 1. The minimum atomic E-state index is 0.382. The molecule has 16 heavy (non-hydrogen) atoms. The Morgan fingerprint density at radius 3 is 3.25 bits per heavy atom. The van der Waals surface area contributed by atoms with Crippen molar-refractivity contribution in [2.45, 2.75) is 13.0 Å². The fourth-order valence-corrected chi connectivity index (χ4v) is 2.04. The van der Waals surface area contributed by atoms with Crippen molar-refractivity contribution in [1.29, 1.82) is 0 Å². The molecule has 0 aliphatic carbocycles. The highest BCUT2D eigenvalue weighted by atomic mass is 16.5. The van der Waals surface area contributed by atoms with Gasteiger partial charge in [-0.3, -0.25) is 0 Å². The minimum Gasteiger partial charge on any atom is -0.377 e. The number of hydrogen-bond acceptors (Lipinski definition) is 4. The molecular formula is C12H19N3O. The molecule has 0 bridgehead atoms. The highest BCUT2D eigenvalue weighted by Crippen LogP contribution is 2.17. The molecule has 4 nitrogen and oxygen atoms in total. The summed E-state index contributed by atoms with van der Waals surface area (Å²) in [6.07, 6.45) is 1.87. The Bertz CT molecular complexity index is 341. The molecule has 1 aromatic heterocycles. The maximum atomic E-state index is 5.51. The van der Waals surface area contributed by atoms with Gasteiger partial charge in [-0.1, -0.05) is 0 Å². The van der Waals surface area contributed by atoms with Crippen molar-refractivity contribution >= 4 is 5.82 Å². The Labute approximate surface area is 96.6 Å². The fourth-order valence-electron chi connectivity index (χ4n) is 2.04. The molecule has 0 radical (unpaired) electrons. The smallest absolute Gasteiger partial charge is 0.129 e. The summed E-state index contributed by atoms with van der Waals surface area (Å²) in [5.74, 6) is 1.06. The topological polar surface area (TPSA) is 37.4 Å². The van der Waals surface area contributed by atoms with Gasteiger partial charge in [0.05, 0.1) is 19.3 Å². The summed E-state index contributed by atoms with van der Waals surface area (Å²) in [5, 5.41) is 3.20. The standard InChI is InChI=1S/C12H19N3O/c1-10-3-4-14-12(7-10)15-5-6-16-9-11(15)8-13-2/h3-4,7,11,13H,5-6,8-9H2,1-2H3. The van der Waals surface area contributed by atoms with Crippen LogP contribution >= 0.6 is 0 Å². The van der Waals surface area contributed by atoms with Gasteiger partial charge in [-0.2, -0.15) is 0 Å². The zero-order valence-electron chi connectivity index (χ0n) is 9.94. The van der Waals surface area contributed by atoms with Gasteiger partial charge >= 0.3 is 0 Å². The first-order valence-corrected chi connectivity index (χ1v) is 5.73. The molecule has 1 aromatic rings. The van der Waals surface area contributed by atoms with Gasteiger partial charge in [0.15, 0.2) is 0 Å². The van der Waals surface area contributed by atoms with E-state index in [0.717, 1.165) is 32.1 Å². The first-order chi connectivity index (χ1) is 7.81. The summed E-state index contributed by atoms with van der Waals surface area (Å²) >= 11 is 0. The van der Waals surface area contributed by atoms with Crippen LogP contribution in [0.1, 0.15) is 5.56 Å². The zero-order valence-corrected chi connectivity index (χ0v) is 9.94. The molecule has 1 atom stereocenters. The molecule has 88 valence electrons. The Balaban J connectivity index is 2.16. The van der Waals surface area contributed by atoms with Crippen molar-refractivity contribution in [3.63, 3.8) is 0 Å². The van der Waals surface area contributed by atoms with Crippen molar-refractivity contribution in [2.24, 2.45) is 0 Å². The number of aromatic nitrogens is 1. The molecule has 2 rings (SSSR count). The molecule has 1 fully saturated rings. The van der Waals surface area contributed by atoms with Crippen LogP contribution in [-0.2, 0) is 4.74 Å². The SMILES string of the molecule is CNCC1COCCN1c1cc(C)ccn1. The summed E-state index contributed by atoms with van der Waals surface area (Å²) in [7, 11) is 1.97. The lowest BCUT2D eigenvalue weighted by atomic mass is 10.2. The van der Waals surface area contributed by atoms with Crippen LogP contribution in [0.4, 0.5) is 5.82 Å². The maximum Gasteiger partial charge on any atom is 0.129 e. The lowest BCUT2D eigenvalue weighted by Gasteiger charge is -2.36. The molecule has 1 aliphatic heterocycles. The lowest BCUT2D eigenvalue weighted by molar-refractivity contribution is 0.0939. The average Bonchev–Trinajstić information content (AvgIpc) is 2.30. The normalized spacial score (nSPS) is 21.1. The Morgan fingerprint density at radius 1 is 1.62 bits per heavy atom. The van der Waals surface area contributed by atoms with Crippen LogP contribution in [0.2, 0.25) is 0 Å². The molecular weight excluding hydrogens is 202 g/mol. The number of nitrogens with zero attached hydrogens (tertiary/aromatic N) is 2. The lowest BCUT2D eigenvalue weighted by Crippen LogP contribution is -2.50. The van der Waals surface area contributed by atoms with Crippen LogP contribution in [0.5, 0.6) is 0 Å².